The first-order valence-corrected chi connectivity index (χ1v) is 8.11. The summed E-state index contributed by atoms with van der Waals surface area (Å²) in [6, 6.07) is 0. The van der Waals surface area contributed by atoms with E-state index in [1.807, 2.05) is 0 Å². The van der Waals surface area contributed by atoms with Crippen LogP contribution in [-0.4, -0.2) is 42.1 Å². The van der Waals surface area contributed by atoms with Gasteiger partial charge in [0.05, 0.1) is 30.1 Å². The van der Waals surface area contributed by atoms with Crippen molar-refractivity contribution in [1.82, 2.24) is 0 Å². The van der Waals surface area contributed by atoms with Crippen molar-refractivity contribution in [1.29, 1.82) is 0 Å². The van der Waals surface area contributed by atoms with Gasteiger partial charge in [-0.3, -0.25) is 4.79 Å². The number of carbonyl (C=O) groups excluding carboxylic acids is 2. The van der Waals surface area contributed by atoms with E-state index in [-0.39, 0.29) is 31.7 Å². The Morgan fingerprint density at radius 1 is 1.24 bits per heavy atom. The molecule has 0 radical (unpaired) electrons. The summed E-state index contributed by atoms with van der Waals surface area (Å²) in [5.74, 6) is -2.75. The van der Waals surface area contributed by atoms with Crippen LogP contribution >= 0.6 is 11.6 Å². The van der Waals surface area contributed by atoms with Gasteiger partial charge in [0, 0.05) is 0 Å². The zero-order valence-corrected chi connectivity index (χ0v) is 13.0. The zero-order chi connectivity index (χ0) is 15.4. The minimum Gasteiger partial charge on any atom is -0.460 e. The Labute approximate surface area is 129 Å². The molecule has 2 saturated carbocycles. The molecule has 21 heavy (non-hydrogen) atoms. The van der Waals surface area contributed by atoms with Crippen LogP contribution in [0.15, 0.2) is 0 Å². The zero-order valence-electron chi connectivity index (χ0n) is 12.2. The van der Waals surface area contributed by atoms with Crippen molar-refractivity contribution in [3.8, 4) is 0 Å². The Hall–Kier alpha value is -0.680. The lowest BCUT2D eigenvalue weighted by Gasteiger charge is -2.35. The molecule has 0 aliphatic heterocycles. The molecule has 6 heteroatoms. The third kappa shape index (κ3) is 4.16. The first-order valence-electron chi connectivity index (χ1n) is 7.67. The van der Waals surface area contributed by atoms with E-state index in [9.17, 15) is 14.0 Å². The Balaban J connectivity index is 1.97. The number of alkyl halides is 2. The van der Waals surface area contributed by atoms with E-state index in [0.29, 0.717) is 0 Å². The van der Waals surface area contributed by atoms with Gasteiger partial charge in [-0.2, -0.15) is 0 Å². The summed E-state index contributed by atoms with van der Waals surface area (Å²) < 4.78 is 24.7. The van der Waals surface area contributed by atoms with Gasteiger partial charge < -0.3 is 9.47 Å². The van der Waals surface area contributed by atoms with Crippen LogP contribution in [0.4, 0.5) is 4.39 Å². The highest BCUT2D eigenvalue weighted by Gasteiger charge is 2.44. The van der Waals surface area contributed by atoms with E-state index in [0.717, 1.165) is 25.7 Å². The number of carbonyl (C=O) groups is 2. The number of hydrogen-bond donors (Lipinski definition) is 0. The van der Waals surface area contributed by atoms with Crippen molar-refractivity contribution in [3.05, 3.63) is 0 Å². The van der Waals surface area contributed by atoms with E-state index in [4.69, 9.17) is 16.3 Å². The minimum absolute atomic E-state index is 0.0365. The van der Waals surface area contributed by atoms with Crippen LogP contribution in [0.2, 0.25) is 0 Å². The van der Waals surface area contributed by atoms with Gasteiger partial charge in [-0.15, -0.1) is 11.6 Å². The number of rotatable bonds is 5. The molecule has 4 unspecified atom stereocenters. The smallest absolute Gasteiger partial charge is 0.374 e. The van der Waals surface area contributed by atoms with Gasteiger partial charge in [-0.05, 0) is 32.6 Å². The van der Waals surface area contributed by atoms with Crippen LogP contribution in [0, 0.1) is 5.92 Å². The molecule has 0 aromatic carbocycles. The van der Waals surface area contributed by atoms with Gasteiger partial charge in [0.1, 0.15) is 6.17 Å². The molecule has 0 bridgehead atoms. The molecule has 4 atom stereocenters. The first-order chi connectivity index (χ1) is 10.0. The molecular formula is C15H22ClFO4. The van der Waals surface area contributed by atoms with Gasteiger partial charge in [-0.25, -0.2) is 9.18 Å². The molecule has 2 aliphatic rings. The van der Waals surface area contributed by atoms with Gasteiger partial charge in [-0.1, -0.05) is 12.8 Å². The Morgan fingerprint density at radius 3 is 2.52 bits per heavy atom. The summed E-state index contributed by atoms with van der Waals surface area (Å²) >= 11 is 6.17. The second kappa shape index (κ2) is 7.54. The highest BCUT2D eigenvalue weighted by atomic mass is 35.5. The summed E-state index contributed by atoms with van der Waals surface area (Å²) in [7, 11) is 0. The Kier molecular flexibility index (Phi) is 5.99. The van der Waals surface area contributed by atoms with Crippen molar-refractivity contribution in [2.24, 2.45) is 5.92 Å². The number of Topliss-reactive ketones (excluding diaryl/α,β-unsaturated/α-hetero) is 1. The highest BCUT2D eigenvalue weighted by molar-refractivity contribution is 6.34. The third-order valence-corrected chi connectivity index (χ3v) is 4.72. The summed E-state index contributed by atoms with van der Waals surface area (Å²) in [5, 5.41) is -0.452. The van der Waals surface area contributed by atoms with Gasteiger partial charge in [0.15, 0.2) is 0 Å². The van der Waals surface area contributed by atoms with Crippen LogP contribution in [-0.2, 0) is 19.1 Å². The molecular weight excluding hydrogens is 299 g/mol. The van der Waals surface area contributed by atoms with Crippen LogP contribution in [0.3, 0.4) is 0 Å². The molecule has 0 heterocycles. The molecule has 0 spiro atoms. The Bertz CT molecular complexity index is 384. The standard InChI is InChI=1S/C15H22ClFO4/c1-2-20-15(19)14(18)10-7-13(11(16)8-12(10)17)21-9-5-3-4-6-9/h9-13H,2-8H2,1H3. The maximum Gasteiger partial charge on any atom is 0.374 e. The summed E-state index contributed by atoms with van der Waals surface area (Å²) in [4.78, 5) is 23.5. The molecule has 4 nitrogen and oxygen atoms in total. The maximum atomic E-state index is 14.1. The van der Waals surface area contributed by atoms with E-state index in [1.165, 1.54) is 0 Å². The van der Waals surface area contributed by atoms with Crippen molar-refractivity contribution < 1.29 is 23.5 Å². The van der Waals surface area contributed by atoms with E-state index in [1.54, 1.807) is 6.92 Å². The predicted octanol–water partition coefficient (Wildman–Crippen LogP) is 2.80. The maximum absolute atomic E-state index is 14.1. The lowest BCUT2D eigenvalue weighted by molar-refractivity contribution is -0.158. The lowest BCUT2D eigenvalue weighted by Crippen LogP contribution is -2.45. The van der Waals surface area contributed by atoms with E-state index < -0.39 is 29.2 Å². The molecule has 0 amide bonds. The fourth-order valence-electron chi connectivity index (χ4n) is 3.11. The number of ketones is 1. The van der Waals surface area contributed by atoms with Crippen molar-refractivity contribution in [3.63, 3.8) is 0 Å². The van der Waals surface area contributed by atoms with Crippen LogP contribution in [0.5, 0.6) is 0 Å². The van der Waals surface area contributed by atoms with Gasteiger partial charge in [0.2, 0.25) is 5.78 Å². The van der Waals surface area contributed by atoms with Crippen LogP contribution in [0.1, 0.15) is 45.4 Å². The number of hydrogen-bond acceptors (Lipinski definition) is 4. The predicted molar refractivity (Wildman–Crippen MR) is 76.0 cm³/mol. The molecule has 2 fully saturated rings. The summed E-state index contributed by atoms with van der Waals surface area (Å²) in [6.07, 6.45) is 2.77. The molecule has 0 saturated heterocycles. The minimum atomic E-state index is -1.41. The Morgan fingerprint density at radius 2 is 1.90 bits per heavy atom. The quantitative estimate of drug-likeness (QED) is 0.444. The molecule has 2 rings (SSSR count). The third-order valence-electron chi connectivity index (χ3n) is 4.26. The highest BCUT2D eigenvalue weighted by Crippen LogP contribution is 2.35. The summed E-state index contributed by atoms with van der Waals surface area (Å²) in [5.41, 5.74) is 0. The largest absolute Gasteiger partial charge is 0.460 e. The van der Waals surface area contributed by atoms with Gasteiger partial charge in [0.25, 0.3) is 0 Å². The van der Waals surface area contributed by atoms with E-state index in [2.05, 4.69) is 4.74 Å². The second-order valence-corrected chi connectivity index (χ2v) is 6.34. The number of ether oxygens (including phenoxy) is 2. The summed E-state index contributed by atoms with van der Waals surface area (Å²) in [6.45, 7) is 1.72. The average molecular weight is 321 g/mol. The van der Waals surface area contributed by atoms with Crippen molar-refractivity contribution >= 4 is 23.4 Å². The van der Waals surface area contributed by atoms with Gasteiger partial charge >= 0.3 is 5.97 Å². The molecule has 2 aliphatic carbocycles. The van der Waals surface area contributed by atoms with E-state index >= 15 is 0 Å². The molecule has 0 aromatic heterocycles. The normalized spacial score (nSPS) is 33.9. The lowest BCUT2D eigenvalue weighted by atomic mass is 9.82. The molecule has 0 aromatic rings. The number of esters is 1. The first kappa shape index (κ1) is 16.7. The monoisotopic (exact) mass is 320 g/mol. The van der Waals surface area contributed by atoms with Crippen molar-refractivity contribution in [2.75, 3.05) is 6.61 Å². The molecule has 120 valence electrons. The topological polar surface area (TPSA) is 52.6 Å². The SMILES string of the molecule is CCOC(=O)C(=O)C1CC(OC2CCCC2)C(Cl)CC1F. The fraction of sp³-hybridized carbons (Fsp3) is 0.867. The molecule has 0 N–H and O–H groups in total. The fourth-order valence-corrected chi connectivity index (χ4v) is 3.45. The van der Waals surface area contributed by atoms with Crippen LogP contribution in [0.25, 0.3) is 0 Å². The van der Waals surface area contributed by atoms with Crippen molar-refractivity contribution in [2.45, 2.75) is 69.2 Å². The average Bonchev–Trinajstić information content (AvgIpc) is 2.94. The second-order valence-electron chi connectivity index (χ2n) is 5.78. The number of halogens is 2. The van der Waals surface area contributed by atoms with Crippen LogP contribution < -0.4 is 0 Å².